The van der Waals surface area contributed by atoms with E-state index in [1.165, 1.54) is 0 Å². The summed E-state index contributed by atoms with van der Waals surface area (Å²) in [6, 6.07) is 3.61. The van der Waals surface area contributed by atoms with E-state index in [9.17, 15) is 9.59 Å². The summed E-state index contributed by atoms with van der Waals surface area (Å²) >= 11 is 0. The van der Waals surface area contributed by atoms with Crippen LogP contribution < -0.4 is 5.32 Å². The van der Waals surface area contributed by atoms with E-state index >= 15 is 0 Å². The highest BCUT2D eigenvalue weighted by Gasteiger charge is 2.16. The smallest absolute Gasteiger partial charge is 0.408 e. The molecule has 1 N–H and O–H groups in total. The summed E-state index contributed by atoms with van der Waals surface area (Å²) in [5.74, 6) is 6.77. The summed E-state index contributed by atoms with van der Waals surface area (Å²) in [6.07, 6.45) is 6.06. The molecule has 0 aliphatic heterocycles. The van der Waals surface area contributed by atoms with Gasteiger partial charge < -0.3 is 19.4 Å². The van der Waals surface area contributed by atoms with Crippen molar-refractivity contribution in [3.63, 3.8) is 0 Å². The van der Waals surface area contributed by atoms with Gasteiger partial charge in [0.25, 0.3) is 0 Å². The van der Waals surface area contributed by atoms with E-state index in [0.29, 0.717) is 31.8 Å². The van der Waals surface area contributed by atoms with Gasteiger partial charge in [-0.25, -0.2) is 4.79 Å². The van der Waals surface area contributed by atoms with Crippen LogP contribution >= 0.6 is 0 Å². The van der Waals surface area contributed by atoms with Gasteiger partial charge in [-0.05, 0) is 31.4 Å². The molecular formula is C21H34N2O4. The van der Waals surface area contributed by atoms with Crippen LogP contribution in [0.1, 0.15) is 66.5 Å². The van der Waals surface area contributed by atoms with Gasteiger partial charge in [-0.15, -0.1) is 0 Å². The summed E-state index contributed by atoms with van der Waals surface area (Å²) in [5, 5.41) is 2.70. The van der Waals surface area contributed by atoms with E-state index in [1.54, 1.807) is 17.2 Å². The lowest BCUT2D eigenvalue weighted by atomic mass is 10.1. The molecule has 0 saturated carbocycles. The van der Waals surface area contributed by atoms with Gasteiger partial charge in [0, 0.05) is 27.4 Å². The zero-order valence-electron chi connectivity index (χ0n) is 16.8. The van der Waals surface area contributed by atoms with Gasteiger partial charge in [-0.3, -0.25) is 4.79 Å². The van der Waals surface area contributed by atoms with Crippen molar-refractivity contribution in [1.29, 1.82) is 0 Å². The minimum atomic E-state index is -0.484. The molecule has 0 bridgehead atoms. The Bertz CT molecular complexity index is 608. The van der Waals surface area contributed by atoms with Gasteiger partial charge in [-0.2, -0.15) is 0 Å². The zero-order valence-corrected chi connectivity index (χ0v) is 16.8. The molecule has 0 saturated heterocycles. The first kappa shape index (κ1) is 22.6. The Kier molecular flexibility index (Phi) is 11.5. The molecule has 1 aliphatic rings. The van der Waals surface area contributed by atoms with Crippen LogP contribution in [0.2, 0.25) is 0 Å². The van der Waals surface area contributed by atoms with Crippen molar-refractivity contribution in [2.24, 2.45) is 0 Å². The van der Waals surface area contributed by atoms with E-state index in [1.807, 2.05) is 26.8 Å². The van der Waals surface area contributed by atoms with Crippen molar-refractivity contribution < 1.29 is 20.2 Å². The lowest BCUT2D eigenvalue weighted by Crippen LogP contribution is -2.38. The van der Waals surface area contributed by atoms with Crippen LogP contribution in [0, 0.1) is 11.8 Å². The molecule has 1 aliphatic carbocycles. The zero-order chi connectivity index (χ0) is 19.9. The van der Waals surface area contributed by atoms with Crippen LogP contribution in [-0.4, -0.2) is 36.1 Å². The molecule has 0 aromatic carbocycles. The molecule has 1 atom stereocenters. The Morgan fingerprint density at radius 2 is 2.19 bits per heavy atom. The minimum Gasteiger partial charge on any atom is -0.467 e. The second-order valence-corrected chi connectivity index (χ2v) is 5.99. The number of alkyl carbamates (subject to hydrolysis) is 1. The summed E-state index contributed by atoms with van der Waals surface area (Å²) in [5.41, 5.74) is 0. The average molecular weight is 379 g/mol. The molecule has 1 aromatic rings. The third-order valence-electron chi connectivity index (χ3n) is 4.01. The maximum atomic E-state index is 12.0. The number of hydrogen-bond acceptors (Lipinski definition) is 4. The Morgan fingerprint density at radius 1 is 1.37 bits per heavy atom. The number of carbonyl (C=O) groups excluding carboxylic acids is 2. The standard InChI is InChI=1S/C19H26N2O4.C2H6.H2/c1-2-18(22)21(15-17-11-8-14-24-17)13-12-20-19(23)25-16-9-6-4-3-5-7-10-16;1-2;/h8,11,14,16H,2-6,9,12-13,15H2,1H3,(H,20,23);1-2H3;1H. The molecule has 6 nitrogen and oxygen atoms in total. The highest BCUT2D eigenvalue weighted by atomic mass is 16.6. The lowest BCUT2D eigenvalue weighted by Gasteiger charge is -2.21. The number of carbonyl (C=O) groups is 2. The highest BCUT2D eigenvalue weighted by molar-refractivity contribution is 5.75. The van der Waals surface area contributed by atoms with E-state index in [-0.39, 0.29) is 13.4 Å². The fourth-order valence-electron chi connectivity index (χ4n) is 2.64. The number of amides is 2. The summed E-state index contributed by atoms with van der Waals surface area (Å²) in [4.78, 5) is 25.6. The first-order chi connectivity index (χ1) is 13.2. The second kappa shape index (κ2) is 13.7. The fourth-order valence-corrected chi connectivity index (χ4v) is 2.64. The fraction of sp³-hybridized carbons (Fsp3) is 0.619. The monoisotopic (exact) mass is 378 g/mol. The molecule has 2 amide bonds. The summed E-state index contributed by atoms with van der Waals surface area (Å²) in [6.45, 7) is 6.93. The molecule has 2 rings (SSSR count). The van der Waals surface area contributed by atoms with Gasteiger partial charge in [-0.1, -0.05) is 39.0 Å². The van der Waals surface area contributed by atoms with Crippen molar-refractivity contribution in [3.8, 4) is 11.8 Å². The highest BCUT2D eigenvalue weighted by Crippen LogP contribution is 2.11. The van der Waals surface area contributed by atoms with Gasteiger partial charge in [0.15, 0.2) is 6.10 Å². The number of rotatable bonds is 7. The molecule has 1 unspecified atom stereocenters. The number of nitrogens with one attached hydrogen (secondary N) is 1. The number of ether oxygens (including phenoxy) is 1. The third-order valence-corrected chi connectivity index (χ3v) is 4.01. The molecule has 0 fully saturated rings. The first-order valence-electron chi connectivity index (χ1n) is 9.92. The Morgan fingerprint density at radius 3 is 2.89 bits per heavy atom. The average Bonchev–Trinajstić information content (AvgIpc) is 3.17. The van der Waals surface area contributed by atoms with E-state index in [2.05, 4.69) is 17.2 Å². The SMILES string of the molecule is CC.CCC(=O)N(CCNC(=O)OC1C#CCCCCC1)Cc1ccco1.[HH]. The molecule has 152 valence electrons. The van der Waals surface area contributed by atoms with Crippen molar-refractivity contribution in [3.05, 3.63) is 24.2 Å². The molecular weight excluding hydrogens is 344 g/mol. The van der Waals surface area contributed by atoms with Crippen molar-refractivity contribution >= 4 is 12.0 Å². The van der Waals surface area contributed by atoms with E-state index < -0.39 is 6.09 Å². The largest absolute Gasteiger partial charge is 0.467 e. The first-order valence-corrected chi connectivity index (χ1v) is 9.92. The Hall–Kier alpha value is -2.42. The van der Waals surface area contributed by atoms with Gasteiger partial charge >= 0.3 is 6.09 Å². The number of furan rings is 1. The Labute approximate surface area is 164 Å². The molecule has 1 aromatic heterocycles. The van der Waals surface area contributed by atoms with E-state index in [0.717, 1.165) is 32.1 Å². The predicted octanol–water partition coefficient (Wildman–Crippen LogP) is 4.35. The van der Waals surface area contributed by atoms with Crippen LogP contribution in [0.3, 0.4) is 0 Å². The maximum absolute atomic E-state index is 12.0. The number of nitrogens with zero attached hydrogens (tertiary/aromatic N) is 1. The lowest BCUT2D eigenvalue weighted by molar-refractivity contribution is -0.131. The van der Waals surface area contributed by atoms with Crippen molar-refractivity contribution in [1.82, 2.24) is 10.2 Å². The predicted molar refractivity (Wildman–Crippen MR) is 107 cm³/mol. The topological polar surface area (TPSA) is 71.8 Å². The Balaban J connectivity index is 0.00000235. The quantitative estimate of drug-likeness (QED) is 0.716. The van der Waals surface area contributed by atoms with Crippen molar-refractivity contribution in [2.75, 3.05) is 13.1 Å². The van der Waals surface area contributed by atoms with Crippen LogP contribution in [0.5, 0.6) is 0 Å². The van der Waals surface area contributed by atoms with Gasteiger partial charge in [0.05, 0.1) is 12.8 Å². The summed E-state index contributed by atoms with van der Waals surface area (Å²) < 4.78 is 10.6. The second-order valence-electron chi connectivity index (χ2n) is 5.99. The molecule has 0 spiro atoms. The van der Waals surface area contributed by atoms with Gasteiger partial charge in [0.1, 0.15) is 5.76 Å². The van der Waals surface area contributed by atoms with Crippen LogP contribution in [0.15, 0.2) is 22.8 Å². The van der Waals surface area contributed by atoms with Gasteiger partial charge in [0.2, 0.25) is 5.91 Å². The van der Waals surface area contributed by atoms with Crippen molar-refractivity contribution in [2.45, 2.75) is 71.9 Å². The van der Waals surface area contributed by atoms with Crippen LogP contribution in [-0.2, 0) is 16.1 Å². The summed E-state index contributed by atoms with van der Waals surface area (Å²) in [7, 11) is 0. The molecule has 1 heterocycles. The molecule has 27 heavy (non-hydrogen) atoms. The molecule has 6 heteroatoms. The van der Waals surface area contributed by atoms with Crippen LogP contribution in [0.25, 0.3) is 0 Å². The third kappa shape index (κ3) is 9.18. The van der Waals surface area contributed by atoms with E-state index in [4.69, 9.17) is 9.15 Å². The minimum absolute atomic E-state index is 0. The number of hydrogen-bond donors (Lipinski definition) is 1. The molecule has 0 radical (unpaired) electrons. The maximum Gasteiger partial charge on any atom is 0.408 e. The van der Waals surface area contributed by atoms with Crippen LogP contribution in [0.4, 0.5) is 4.79 Å². The normalized spacial score (nSPS) is 15.7.